The van der Waals surface area contributed by atoms with Crippen LogP contribution < -0.4 is 4.74 Å². The van der Waals surface area contributed by atoms with Crippen molar-refractivity contribution in [2.24, 2.45) is 0 Å². The molecule has 100 valence electrons. The van der Waals surface area contributed by atoms with E-state index in [0.717, 1.165) is 38.2 Å². The zero-order valence-electron chi connectivity index (χ0n) is 9.73. The Morgan fingerprint density at radius 2 is 1.89 bits per heavy atom. The number of halogens is 2. The molecule has 0 aliphatic heterocycles. The largest absolute Gasteiger partial charge is 0.489 e. The molecule has 1 aliphatic carbocycles. The van der Waals surface area contributed by atoms with Gasteiger partial charge in [0.05, 0.1) is 6.10 Å². The van der Waals surface area contributed by atoms with Crippen molar-refractivity contribution in [3.63, 3.8) is 0 Å². The van der Waals surface area contributed by atoms with Crippen molar-refractivity contribution in [2.75, 3.05) is 0 Å². The Bertz CT molecular complexity index is 524. The lowest BCUT2D eigenvalue weighted by Gasteiger charge is -2.23. The highest BCUT2D eigenvalue weighted by Crippen LogP contribution is 2.31. The Hall–Kier alpha value is -0.810. The third-order valence-electron chi connectivity index (χ3n) is 3.01. The summed E-state index contributed by atoms with van der Waals surface area (Å²) in [7, 11) is -4.82. The minimum absolute atomic E-state index is 0.0413. The topological polar surface area (TPSA) is 43.4 Å². The van der Waals surface area contributed by atoms with E-state index in [1.807, 2.05) is 0 Å². The van der Waals surface area contributed by atoms with E-state index in [9.17, 15) is 12.3 Å². The first-order valence-corrected chi connectivity index (χ1v) is 7.64. The van der Waals surface area contributed by atoms with E-state index >= 15 is 0 Å². The highest BCUT2D eigenvalue weighted by Gasteiger charge is 2.22. The summed E-state index contributed by atoms with van der Waals surface area (Å²) >= 11 is 5.68. The summed E-state index contributed by atoms with van der Waals surface area (Å²) in [6.07, 6.45) is 4.96. The minimum atomic E-state index is -4.82. The Kier molecular flexibility index (Phi) is 4.12. The highest BCUT2D eigenvalue weighted by molar-refractivity contribution is 7.86. The van der Waals surface area contributed by atoms with Crippen molar-refractivity contribution in [1.29, 1.82) is 0 Å². The lowest BCUT2D eigenvalue weighted by molar-refractivity contribution is 0.151. The van der Waals surface area contributed by atoms with E-state index < -0.39 is 15.1 Å². The Morgan fingerprint density at radius 3 is 2.50 bits per heavy atom. The van der Waals surface area contributed by atoms with Crippen LogP contribution in [0, 0.1) is 0 Å². The predicted molar refractivity (Wildman–Crippen MR) is 67.2 cm³/mol. The van der Waals surface area contributed by atoms with E-state index in [4.69, 9.17) is 16.3 Å². The normalized spacial score (nSPS) is 17.7. The van der Waals surface area contributed by atoms with E-state index in [1.165, 1.54) is 12.1 Å². The number of benzene rings is 1. The van der Waals surface area contributed by atoms with Crippen molar-refractivity contribution in [3.8, 4) is 5.75 Å². The monoisotopic (exact) mass is 292 g/mol. The number of hydrogen-bond acceptors (Lipinski definition) is 3. The summed E-state index contributed by atoms with van der Waals surface area (Å²) in [5.74, 6) is 0.0498. The van der Waals surface area contributed by atoms with Gasteiger partial charge in [0.1, 0.15) is 10.6 Å². The molecule has 0 spiro atoms. The van der Waals surface area contributed by atoms with Crippen LogP contribution in [0.1, 0.15) is 32.1 Å². The molecule has 1 fully saturated rings. The third kappa shape index (κ3) is 3.36. The number of hydrogen-bond donors (Lipinski definition) is 0. The van der Waals surface area contributed by atoms with E-state index in [1.54, 1.807) is 0 Å². The lowest BCUT2D eigenvalue weighted by atomic mass is 9.98. The third-order valence-corrected chi connectivity index (χ3v) is 4.09. The van der Waals surface area contributed by atoms with Crippen LogP contribution in [0.2, 0.25) is 5.02 Å². The van der Waals surface area contributed by atoms with Crippen LogP contribution in [-0.4, -0.2) is 14.5 Å². The van der Waals surface area contributed by atoms with Crippen LogP contribution in [0.4, 0.5) is 3.89 Å². The van der Waals surface area contributed by atoms with Crippen LogP contribution >= 0.6 is 11.6 Å². The average molecular weight is 293 g/mol. The van der Waals surface area contributed by atoms with E-state index in [0.29, 0.717) is 0 Å². The van der Waals surface area contributed by atoms with Gasteiger partial charge in [0.25, 0.3) is 0 Å². The van der Waals surface area contributed by atoms with Crippen LogP contribution in [-0.2, 0) is 10.2 Å². The smallest absolute Gasteiger partial charge is 0.335 e. The van der Waals surface area contributed by atoms with Gasteiger partial charge in [-0.1, -0.05) is 18.0 Å². The van der Waals surface area contributed by atoms with Crippen molar-refractivity contribution < 1.29 is 17.0 Å². The molecule has 0 saturated heterocycles. The SMILES string of the molecule is O=S(=O)(F)c1cc(Cl)ccc1OC1CCCCC1. The maximum Gasteiger partial charge on any atom is 0.335 e. The summed E-state index contributed by atoms with van der Waals surface area (Å²) in [5, 5.41) is 0.169. The molecule has 0 amide bonds. The van der Waals surface area contributed by atoms with Gasteiger partial charge < -0.3 is 4.74 Å². The van der Waals surface area contributed by atoms with E-state index in [2.05, 4.69) is 0 Å². The number of ether oxygens (including phenoxy) is 1. The van der Waals surface area contributed by atoms with Gasteiger partial charge in [0, 0.05) is 5.02 Å². The molecule has 1 aromatic rings. The molecular weight excluding hydrogens is 279 g/mol. The molecular formula is C12H14ClFO3S. The fraction of sp³-hybridized carbons (Fsp3) is 0.500. The molecule has 0 radical (unpaired) electrons. The van der Waals surface area contributed by atoms with Gasteiger partial charge >= 0.3 is 10.2 Å². The predicted octanol–water partition coefficient (Wildman–Crippen LogP) is 3.71. The fourth-order valence-corrected chi connectivity index (χ4v) is 2.99. The molecule has 1 saturated carbocycles. The van der Waals surface area contributed by atoms with Gasteiger partial charge in [-0.3, -0.25) is 0 Å². The van der Waals surface area contributed by atoms with Crippen LogP contribution in [0.5, 0.6) is 5.75 Å². The molecule has 6 heteroatoms. The molecule has 0 bridgehead atoms. The molecule has 1 aliphatic rings. The second-order valence-electron chi connectivity index (χ2n) is 4.41. The first kappa shape index (κ1) is 13.6. The molecule has 3 nitrogen and oxygen atoms in total. The highest BCUT2D eigenvalue weighted by atomic mass is 35.5. The summed E-state index contributed by atoms with van der Waals surface area (Å²) in [6.45, 7) is 0. The summed E-state index contributed by atoms with van der Waals surface area (Å²) in [5.41, 5.74) is 0. The second-order valence-corrected chi connectivity index (χ2v) is 6.16. The molecule has 0 aromatic heterocycles. The molecule has 0 atom stereocenters. The summed E-state index contributed by atoms with van der Waals surface area (Å²) < 4.78 is 40.8. The quantitative estimate of drug-likeness (QED) is 0.798. The van der Waals surface area contributed by atoms with Crippen molar-refractivity contribution >= 4 is 21.8 Å². The first-order chi connectivity index (χ1) is 8.47. The number of rotatable bonds is 3. The van der Waals surface area contributed by atoms with Gasteiger partial charge in [-0.15, -0.1) is 3.89 Å². The first-order valence-electron chi connectivity index (χ1n) is 5.88. The maximum absolute atomic E-state index is 13.1. The van der Waals surface area contributed by atoms with Gasteiger partial charge in [-0.2, -0.15) is 8.42 Å². The molecule has 18 heavy (non-hydrogen) atoms. The van der Waals surface area contributed by atoms with Crippen LogP contribution in [0.15, 0.2) is 23.1 Å². The Morgan fingerprint density at radius 1 is 1.22 bits per heavy atom. The van der Waals surface area contributed by atoms with Gasteiger partial charge in [-0.05, 0) is 43.9 Å². The summed E-state index contributed by atoms with van der Waals surface area (Å²) in [4.78, 5) is -0.486. The zero-order chi connectivity index (χ0) is 13.2. The standard InChI is InChI=1S/C12H14ClFO3S/c13-9-6-7-11(12(8-9)18(14,15)16)17-10-4-2-1-3-5-10/h6-8,10H,1-5H2. The molecule has 0 N–H and O–H groups in total. The fourth-order valence-electron chi connectivity index (χ4n) is 2.13. The molecule has 0 heterocycles. The Labute approximate surface area is 111 Å². The van der Waals surface area contributed by atoms with Crippen LogP contribution in [0.25, 0.3) is 0 Å². The van der Waals surface area contributed by atoms with E-state index in [-0.39, 0.29) is 16.9 Å². The van der Waals surface area contributed by atoms with Gasteiger partial charge in [-0.25, -0.2) is 0 Å². The zero-order valence-corrected chi connectivity index (χ0v) is 11.3. The summed E-state index contributed by atoms with van der Waals surface area (Å²) in [6, 6.07) is 3.98. The minimum Gasteiger partial charge on any atom is -0.489 e. The van der Waals surface area contributed by atoms with Crippen molar-refractivity contribution in [3.05, 3.63) is 23.2 Å². The second kappa shape index (κ2) is 5.45. The lowest BCUT2D eigenvalue weighted by Crippen LogP contribution is -2.20. The molecule has 0 unspecified atom stereocenters. The maximum atomic E-state index is 13.1. The van der Waals surface area contributed by atoms with Gasteiger partial charge in [0.15, 0.2) is 0 Å². The van der Waals surface area contributed by atoms with Gasteiger partial charge in [0.2, 0.25) is 0 Å². The van der Waals surface area contributed by atoms with Crippen molar-refractivity contribution in [1.82, 2.24) is 0 Å². The van der Waals surface area contributed by atoms with Crippen molar-refractivity contribution in [2.45, 2.75) is 43.1 Å². The average Bonchev–Trinajstić information content (AvgIpc) is 2.31. The molecule has 2 rings (SSSR count). The van der Waals surface area contributed by atoms with Crippen LogP contribution in [0.3, 0.4) is 0 Å². The molecule has 1 aromatic carbocycles. The Balaban J connectivity index is 2.26.